The Balaban J connectivity index is 1.21. The van der Waals surface area contributed by atoms with E-state index in [1.54, 1.807) is 12.3 Å². The van der Waals surface area contributed by atoms with Gasteiger partial charge in [-0.15, -0.1) is 0 Å². The Morgan fingerprint density at radius 2 is 1.90 bits per heavy atom. The Morgan fingerprint density at radius 3 is 2.53 bits per heavy atom. The molecule has 3 fully saturated rings. The van der Waals surface area contributed by atoms with E-state index in [2.05, 4.69) is 25.8 Å². The van der Waals surface area contributed by atoms with Crippen molar-refractivity contribution in [2.24, 2.45) is 5.41 Å². The molecule has 4 heterocycles. The molecule has 2 saturated heterocycles. The second kappa shape index (κ2) is 7.26. The summed E-state index contributed by atoms with van der Waals surface area (Å²) in [5.41, 5.74) is 2.61. The first-order valence-corrected chi connectivity index (χ1v) is 10.4. The first-order valence-electron chi connectivity index (χ1n) is 10.4. The van der Waals surface area contributed by atoms with Crippen LogP contribution in [0.15, 0.2) is 36.7 Å². The number of piperazine rings is 1. The van der Waals surface area contributed by atoms with Gasteiger partial charge in [0.2, 0.25) is 0 Å². The molecule has 0 radical (unpaired) electrons. The summed E-state index contributed by atoms with van der Waals surface area (Å²) < 4.78 is 0. The molecule has 154 valence electrons. The lowest BCUT2D eigenvalue weighted by Gasteiger charge is -2.60. The van der Waals surface area contributed by atoms with Crippen LogP contribution in [-0.2, 0) is 0 Å². The van der Waals surface area contributed by atoms with E-state index in [9.17, 15) is 4.79 Å². The molecule has 1 spiro atoms. The van der Waals surface area contributed by atoms with E-state index < -0.39 is 6.09 Å². The van der Waals surface area contributed by atoms with Gasteiger partial charge in [0.15, 0.2) is 0 Å². The van der Waals surface area contributed by atoms with Gasteiger partial charge in [-0.05, 0) is 37.1 Å². The lowest BCUT2D eigenvalue weighted by atomic mass is 9.60. The van der Waals surface area contributed by atoms with Gasteiger partial charge in [0.1, 0.15) is 11.9 Å². The zero-order valence-corrected chi connectivity index (χ0v) is 16.7. The van der Waals surface area contributed by atoms with Crippen molar-refractivity contribution in [2.45, 2.75) is 18.9 Å². The summed E-state index contributed by atoms with van der Waals surface area (Å²) in [6.45, 7) is 5.19. The number of pyridine rings is 2. The van der Waals surface area contributed by atoms with Gasteiger partial charge in [-0.25, -0.2) is 9.78 Å². The van der Waals surface area contributed by atoms with Crippen LogP contribution in [-0.4, -0.2) is 76.3 Å². The Kier molecular flexibility index (Phi) is 4.55. The molecule has 1 aliphatic carbocycles. The second-order valence-electron chi connectivity index (χ2n) is 8.64. The lowest BCUT2D eigenvalue weighted by Crippen LogP contribution is -2.68. The first-order chi connectivity index (χ1) is 14.6. The van der Waals surface area contributed by atoms with Crippen molar-refractivity contribution in [1.29, 1.82) is 5.26 Å². The van der Waals surface area contributed by atoms with Crippen molar-refractivity contribution >= 4 is 11.9 Å². The molecule has 0 bridgehead atoms. The minimum absolute atomic E-state index is 0.246. The van der Waals surface area contributed by atoms with Gasteiger partial charge in [0, 0.05) is 68.7 Å². The lowest BCUT2D eigenvalue weighted by molar-refractivity contribution is -0.0968. The highest BCUT2D eigenvalue weighted by Crippen LogP contribution is 2.50. The van der Waals surface area contributed by atoms with Gasteiger partial charge in [0.25, 0.3) is 0 Å². The topological polar surface area (TPSA) is 96.6 Å². The fraction of sp³-hybridized carbons (Fsp3) is 0.455. The van der Waals surface area contributed by atoms with E-state index in [-0.39, 0.29) is 5.41 Å². The number of aromatic nitrogens is 2. The number of carboxylic acid groups (broad SMARTS) is 1. The molecule has 30 heavy (non-hydrogen) atoms. The number of likely N-dealkylation sites (tertiary alicyclic amines) is 1. The van der Waals surface area contributed by atoms with Gasteiger partial charge in [0.05, 0.1) is 11.3 Å². The van der Waals surface area contributed by atoms with Crippen LogP contribution in [0.4, 0.5) is 10.6 Å². The first kappa shape index (κ1) is 18.8. The third kappa shape index (κ3) is 3.25. The summed E-state index contributed by atoms with van der Waals surface area (Å²) in [6.07, 6.45) is 4.85. The van der Waals surface area contributed by atoms with Crippen LogP contribution in [0, 0.1) is 16.7 Å². The standard InChI is InChI=1S/C22H24N6O2/c23-12-16-3-4-19(25-13-16)18-2-1-5-24-20(18)27-8-6-26(7-9-27)17-10-22(11-17)14-28(15-22)21(29)30/h1-5,13,17H,6-11,14-15H2,(H,29,30). The maximum Gasteiger partial charge on any atom is 0.407 e. The summed E-state index contributed by atoms with van der Waals surface area (Å²) in [7, 11) is 0. The Morgan fingerprint density at radius 1 is 1.13 bits per heavy atom. The molecular formula is C22H24N6O2. The zero-order chi connectivity index (χ0) is 20.7. The Hall–Kier alpha value is -3.18. The summed E-state index contributed by atoms with van der Waals surface area (Å²) >= 11 is 0. The average molecular weight is 404 g/mol. The third-order valence-corrected chi connectivity index (χ3v) is 6.75. The molecule has 1 amide bonds. The number of hydrogen-bond donors (Lipinski definition) is 1. The van der Waals surface area contributed by atoms with Crippen LogP contribution in [0.25, 0.3) is 11.3 Å². The highest BCUT2D eigenvalue weighted by Gasteiger charge is 2.55. The van der Waals surface area contributed by atoms with Crippen LogP contribution in [0.5, 0.6) is 0 Å². The highest BCUT2D eigenvalue weighted by atomic mass is 16.4. The number of rotatable bonds is 3. The van der Waals surface area contributed by atoms with E-state index in [0.717, 1.165) is 56.1 Å². The minimum atomic E-state index is -0.791. The molecule has 8 nitrogen and oxygen atoms in total. The van der Waals surface area contributed by atoms with E-state index in [0.29, 0.717) is 24.7 Å². The SMILES string of the molecule is N#Cc1ccc(-c2cccnc2N2CCN(C3CC4(C3)CN(C(=O)O)C4)CC2)nc1. The van der Waals surface area contributed by atoms with Crippen molar-refractivity contribution in [1.82, 2.24) is 19.8 Å². The van der Waals surface area contributed by atoms with E-state index in [4.69, 9.17) is 10.4 Å². The smallest absolute Gasteiger partial charge is 0.407 e. The van der Waals surface area contributed by atoms with Crippen molar-refractivity contribution in [3.8, 4) is 17.3 Å². The van der Waals surface area contributed by atoms with Crippen molar-refractivity contribution in [3.63, 3.8) is 0 Å². The second-order valence-corrected chi connectivity index (χ2v) is 8.64. The van der Waals surface area contributed by atoms with Gasteiger partial charge >= 0.3 is 6.09 Å². The number of carbonyl (C=O) groups is 1. The van der Waals surface area contributed by atoms with Crippen LogP contribution in [0.2, 0.25) is 0 Å². The van der Waals surface area contributed by atoms with E-state index >= 15 is 0 Å². The number of nitriles is 1. The van der Waals surface area contributed by atoms with E-state index in [1.807, 2.05) is 24.4 Å². The highest BCUT2D eigenvalue weighted by molar-refractivity contribution is 5.73. The van der Waals surface area contributed by atoms with Gasteiger partial charge < -0.3 is 14.9 Å². The summed E-state index contributed by atoms with van der Waals surface area (Å²) in [4.78, 5) is 26.5. The van der Waals surface area contributed by atoms with Crippen molar-refractivity contribution in [3.05, 3.63) is 42.2 Å². The summed E-state index contributed by atoms with van der Waals surface area (Å²) in [6, 6.07) is 10.3. The fourth-order valence-electron chi connectivity index (χ4n) is 5.12. The van der Waals surface area contributed by atoms with Crippen LogP contribution < -0.4 is 4.90 Å². The van der Waals surface area contributed by atoms with Crippen LogP contribution in [0.3, 0.4) is 0 Å². The predicted octanol–water partition coefficient (Wildman–Crippen LogP) is 2.28. The largest absolute Gasteiger partial charge is 0.465 e. The molecule has 0 unspecified atom stereocenters. The predicted molar refractivity (Wildman–Crippen MR) is 111 cm³/mol. The molecule has 1 saturated carbocycles. The molecule has 0 aromatic carbocycles. The Labute approximate surface area is 175 Å². The molecule has 2 aromatic heterocycles. The Bertz CT molecular complexity index is 979. The average Bonchev–Trinajstić information content (AvgIpc) is 2.72. The van der Waals surface area contributed by atoms with Crippen LogP contribution in [0.1, 0.15) is 18.4 Å². The summed E-state index contributed by atoms with van der Waals surface area (Å²) in [5, 5.41) is 18.1. The number of amides is 1. The number of hydrogen-bond acceptors (Lipinski definition) is 6. The van der Waals surface area contributed by atoms with Gasteiger partial charge in [-0.2, -0.15) is 5.26 Å². The maximum atomic E-state index is 11.0. The van der Waals surface area contributed by atoms with Gasteiger partial charge in [-0.1, -0.05) is 0 Å². The number of nitrogens with zero attached hydrogens (tertiary/aromatic N) is 6. The fourth-order valence-corrected chi connectivity index (χ4v) is 5.12. The van der Waals surface area contributed by atoms with Crippen LogP contribution >= 0.6 is 0 Å². The molecular weight excluding hydrogens is 380 g/mol. The molecule has 0 atom stereocenters. The maximum absolute atomic E-state index is 11.0. The normalized spacial score (nSPS) is 21.0. The number of anilines is 1. The molecule has 2 aromatic rings. The monoisotopic (exact) mass is 404 g/mol. The zero-order valence-electron chi connectivity index (χ0n) is 16.7. The third-order valence-electron chi connectivity index (χ3n) is 6.75. The van der Waals surface area contributed by atoms with Crippen molar-refractivity contribution < 1.29 is 9.90 Å². The summed E-state index contributed by atoms with van der Waals surface area (Å²) in [5.74, 6) is 0.940. The molecule has 8 heteroatoms. The van der Waals surface area contributed by atoms with Crippen molar-refractivity contribution in [2.75, 3.05) is 44.2 Å². The molecule has 3 aliphatic rings. The minimum Gasteiger partial charge on any atom is -0.465 e. The van der Waals surface area contributed by atoms with E-state index in [1.165, 1.54) is 4.90 Å². The molecule has 1 N–H and O–H groups in total. The van der Waals surface area contributed by atoms with Gasteiger partial charge in [-0.3, -0.25) is 9.88 Å². The quantitative estimate of drug-likeness (QED) is 0.838. The molecule has 5 rings (SSSR count). The molecule has 2 aliphatic heterocycles.